The van der Waals surface area contributed by atoms with Crippen LogP contribution in [-0.2, 0) is 9.53 Å². The summed E-state index contributed by atoms with van der Waals surface area (Å²) in [6, 6.07) is 4.24. The van der Waals surface area contributed by atoms with Crippen LogP contribution in [0.4, 0.5) is 5.69 Å². The first-order chi connectivity index (χ1) is 9.92. The van der Waals surface area contributed by atoms with Crippen molar-refractivity contribution in [2.75, 3.05) is 11.9 Å². The molecule has 0 spiro atoms. The molecule has 1 aromatic carbocycles. The number of anilines is 1. The average Bonchev–Trinajstić information content (AvgIpc) is 2.66. The summed E-state index contributed by atoms with van der Waals surface area (Å²) in [5, 5.41) is 4.47. The van der Waals surface area contributed by atoms with Gasteiger partial charge >= 0.3 is 5.97 Å². The summed E-state index contributed by atoms with van der Waals surface area (Å²) >= 11 is 0. The first-order valence-electron chi connectivity index (χ1n) is 7.14. The fourth-order valence-electron chi connectivity index (χ4n) is 2.36. The van der Waals surface area contributed by atoms with Crippen molar-refractivity contribution in [3.63, 3.8) is 0 Å². The van der Waals surface area contributed by atoms with E-state index in [1.54, 1.807) is 6.92 Å². The number of aromatic nitrogens is 1. The van der Waals surface area contributed by atoms with E-state index in [9.17, 15) is 4.79 Å². The Morgan fingerprint density at radius 2 is 2.05 bits per heavy atom. The Balaban J connectivity index is 2.32. The number of nitrogens with one attached hydrogen (secondary N) is 2. The molecule has 4 nitrogen and oxygen atoms in total. The van der Waals surface area contributed by atoms with Gasteiger partial charge in [0.05, 0.1) is 6.61 Å². The number of H-pyrrole nitrogens is 1. The van der Waals surface area contributed by atoms with Crippen LogP contribution in [0.25, 0.3) is 10.9 Å². The van der Waals surface area contributed by atoms with E-state index in [4.69, 9.17) is 4.74 Å². The maximum atomic E-state index is 11.5. The molecule has 2 N–H and O–H groups in total. The molecule has 2 aromatic rings. The Morgan fingerprint density at radius 3 is 2.71 bits per heavy atom. The normalized spacial score (nSPS) is 11.8. The van der Waals surface area contributed by atoms with E-state index in [0.717, 1.165) is 22.5 Å². The third kappa shape index (κ3) is 3.27. The number of hydrogen-bond acceptors (Lipinski definition) is 3. The van der Waals surface area contributed by atoms with Crippen molar-refractivity contribution in [1.82, 2.24) is 4.98 Å². The minimum Gasteiger partial charge on any atom is -0.463 e. The lowest BCUT2D eigenvalue weighted by molar-refractivity contribution is -0.137. The van der Waals surface area contributed by atoms with Crippen molar-refractivity contribution in [1.29, 1.82) is 0 Å². The van der Waals surface area contributed by atoms with E-state index in [2.05, 4.69) is 36.3 Å². The van der Waals surface area contributed by atoms with Crippen molar-refractivity contribution in [3.8, 4) is 0 Å². The van der Waals surface area contributed by atoms with Crippen LogP contribution >= 0.6 is 0 Å². The van der Waals surface area contributed by atoms with Crippen LogP contribution in [0, 0.1) is 20.8 Å². The summed E-state index contributed by atoms with van der Waals surface area (Å²) in [5.74, 6) is -0.324. The fourth-order valence-corrected chi connectivity index (χ4v) is 2.36. The number of hydrogen-bond donors (Lipinski definition) is 2. The molecule has 112 valence electrons. The molecule has 2 rings (SSSR count). The van der Waals surface area contributed by atoms with E-state index in [-0.39, 0.29) is 5.97 Å². The highest BCUT2D eigenvalue weighted by atomic mass is 16.5. The molecule has 0 fully saturated rings. The first-order valence-corrected chi connectivity index (χ1v) is 7.14. The summed E-state index contributed by atoms with van der Waals surface area (Å²) < 4.78 is 4.91. The number of esters is 1. The quantitative estimate of drug-likeness (QED) is 0.660. The highest BCUT2D eigenvalue weighted by molar-refractivity contribution is 5.89. The highest BCUT2D eigenvalue weighted by Crippen LogP contribution is 2.28. The molecule has 0 aliphatic rings. The van der Waals surface area contributed by atoms with Gasteiger partial charge in [-0.05, 0) is 57.9 Å². The van der Waals surface area contributed by atoms with Gasteiger partial charge in [0.2, 0.25) is 0 Å². The molecule has 0 unspecified atom stereocenters. The second-order valence-electron chi connectivity index (χ2n) is 5.29. The Hall–Kier alpha value is -2.23. The minimum atomic E-state index is -0.324. The number of aromatic amines is 1. The number of carbonyl (C=O) groups is 1. The number of benzene rings is 1. The lowest BCUT2D eigenvalue weighted by Crippen LogP contribution is -2.05. The zero-order valence-electron chi connectivity index (χ0n) is 13.3. The Morgan fingerprint density at radius 1 is 1.33 bits per heavy atom. The monoisotopic (exact) mass is 286 g/mol. The van der Waals surface area contributed by atoms with E-state index < -0.39 is 0 Å². The van der Waals surface area contributed by atoms with Gasteiger partial charge < -0.3 is 15.0 Å². The van der Waals surface area contributed by atoms with Gasteiger partial charge in [0, 0.05) is 34.1 Å². The molecule has 1 aromatic heterocycles. The summed E-state index contributed by atoms with van der Waals surface area (Å²) in [4.78, 5) is 14.8. The molecule has 0 aliphatic carbocycles. The van der Waals surface area contributed by atoms with Gasteiger partial charge in [-0.1, -0.05) is 0 Å². The molecule has 0 radical (unpaired) electrons. The molecule has 0 saturated carbocycles. The maximum Gasteiger partial charge on any atom is 0.332 e. The summed E-state index contributed by atoms with van der Waals surface area (Å²) in [6.07, 6.45) is 1.47. The summed E-state index contributed by atoms with van der Waals surface area (Å²) in [6.45, 7) is 10.3. The zero-order valence-corrected chi connectivity index (χ0v) is 13.3. The van der Waals surface area contributed by atoms with Crippen LogP contribution in [0.5, 0.6) is 0 Å². The topological polar surface area (TPSA) is 54.1 Å². The second-order valence-corrected chi connectivity index (χ2v) is 5.29. The molecule has 4 heteroatoms. The van der Waals surface area contributed by atoms with Crippen molar-refractivity contribution < 1.29 is 9.53 Å². The Bertz CT molecular complexity index is 711. The SMILES string of the molecule is CCOC(=O)C=C(C)Nc1cc2c(C)c(C)[nH]c2cc1C. The molecular formula is C17H22N2O2. The predicted octanol–water partition coefficient (Wildman–Crippen LogP) is 3.97. The zero-order chi connectivity index (χ0) is 15.6. The predicted molar refractivity (Wildman–Crippen MR) is 86.5 cm³/mol. The van der Waals surface area contributed by atoms with Gasteiger partial charge in [-0.15, -0.1) is 0 Å². The second kappa shape index (κ2) is 6.04. The minimum absolute atomic E-state index is 0.324. The third-order valence-electron chi connectivity index (χ3n) is 3.61. The van der Waals surface area contributed by atoms with Crippen LogP contribution in [-0.4, -0.2) is 17.6 Å². The van der Waals surface area contributed by atoms with E-state index in [0.29, 0.717) is 6.61 Å². The molecule has 0 atom stereocenters. The largest absolute Gasteiger partial charge is 0.463 e. The number of rotatable bonds is 4. The lowest BCUT2D eigenvalue weighted by Gasteiger charge is -2.10. The standard InChI is InChI=1S/C17H22N2O2/c1-6-21-17(20)8-11(3)18-15-9-14-12(4)13(5)19-16(14)7-10(15)2/h7-9,18-19H,6H2,1-5H3. The molecule has 0 amide bonds. The van der Waals surface area contributed by atoms with Crippen LogP contribution in [0.15, 0.2) is 23.9 Å². The van der Waals surface area contributed by atoms with Crippen molar-refractivity contribution >= 4 is 22.6 Å². The number of fused-ring (bicyclic) bond motifs is 1. The number of aryl methyl sites for hydroxylation is 3. The van der Waals surface area contributed by atoms with Gasteiger partial charge in [-0.3, -0.25) is 0 Å². The van der Waals surface area contributed by atoms with Gasteiger partial charge in [0.15, 0.2) is 0 Å². The smallest absolute Gasteiger partial charge is 0.332 e. The Labute approximate surface area is 125 Å². The lowest BCUT2D eigenvalue weighted by atomic mass is 10.1. The van der Waals surface area contributed by atoms with Crippen molar-refractivity contribution in [3.05, 3.63) is 40.7 Å². The van der Waals surface area contributed by atoms with Gasteiger partial charge in [-0.25, -0.2) is 4.79 Å². The van der Waals surface area contributed by atoms with Crippen LogP contribution in [0.3, 0.4) is 0 Å². The molecule has 0 bridgehead atoms. The van der Waals surface area contributed by atoms with E-state index in [1.807, 2.05) is 13.8 Å². The summed E-state index contributed by atoms with van der Waals surface area (Å²) in [7, 11) is 0. The van der Waals surface area contributed by atoms with Crippen molar-refractivity contribution in [2.45, 2.75) is 34.6 Å². The number of allylic oxidation sites excluding steroid dienone is 1. The van der Waals surface area contributed by atoms with Crippen LogP contribution in [0.1, 0.15) is 30.7 Å². The fraction of sp³-hybridized carbons (Fsp3) is 0.353. The molecular weight excluding hydrogens is 264 g/mol. The molecule has 0 saturated heterocycles. The van der Waals surface area contributed by atoms with E-state index in [1.165, 1.54) is 22.7 Å². The third-order valence-corrected chi connectivity index (χ3v) is 3.61. The number of ether oxygens (including phenoxy) is 1. The van der Waals surface area contributed by atoms with Crippen LogP contribution in [0.2, 0.25) is 0 Å². The number of carbonyl (C=O) groups excluding carboxylic acids is 1. The summed E-state index contributed by atoms with van der Waals surface area (Å²) in [5.41, 5.74) is 6.46. The average molecular weight is 286 g/mol. The van der Waals surface area contributed by atoms with E-state index >= 15 is 0 Å². The maximum absolute atomic E-state index is 11.5. The molecule has 0 aliphatic heterocycles. The van der Waals surface area contributed by atoms with Gasteiger partial charge in [-0.2, -0.15) is 0 Å². The highest BCUT2D eigenvalue weighted by Gasteiger charge is 2.08. The van der Waals surface area contributed by atoms with Crippen molar-refractivity contribution in [2.24, 2.45) is 0 Å². The Kier molecular flexibility index (Phi) is 4.36. The van der Waals surface area contributed by atoms with Gasteiger partial charge in [0.1, 0.15) is 0 Å². The van der Waals surface area contributed by atoms with Gasteiger partial charge in [0.25, 0.3) is 0 Å². The molecule has 1 heterocycles. The molecule has 21 heavy (non-hydrogen) atoms. The van der Waals surface area contributed by atoms with Crippen LogP contribution < -0.4 is 5.32 Å². The first kappa shape index (κ1) is 15.2.